The molecule has 1 aromatic carbocycles. The van der Waals surface area contributed by atoms with E-state index in [1.807, 2.05) is 13.8 Å². The van der Waals surface area contributed by atoms with Crippen LogP contribution in [0.15, 0.2) is 23.1 Å². The predicted octanol–water partition coefficient (Wildman–Crippen LogP) is 2.70. The molecule has 0 unspecified atom stereocenters. The van der Waals surface area contributed by atoms with Crippen molar-refractivity contribution in [1.29, 1.82) is 0 Å². The molecule has 2 rings (SSSR count). The highest BCUT2D eigenvalue weighted by Crippen LogP contribution is 2.32. The monoisotopic (exact) mass is 331 g/mol. The molecular weight excluding hydrogens is 314 g/mol. The fraction of sp³-hybridized carbons (Fsp3) is 0.500. The van der Waals surface area contributed by atoms with Crippen LogP contribution in [0.5, 0.6) is 0 Å². The summed E-state index contributed by atoms with van der Waals surface area (Å²) in [6, 6.07) is 3.87. The van der Waals surface area contributed by atoms with Crippen molar-refractivity contribution in [2.45, 2.75) is 43.5 Å². The van der Waals surface area contributed by atoms with Crippen LogP contribution in [0.2, 0.25) is 5.02 Å². The van der Waals surface area contributed by atoms with Gasteiger partial charge in [0.15, 0.2) is 0 Å². The molecule has 0 amide bonds. The van der Waals surface area contributed by atoms with Crippen molar-refractivity contribution in [3.63, 3.8) is 0 Å². The standard InChI is InChI=1S/C14H18ClNO4S/c1-9(2)10-5-6-11(15)13(8-10)21(19,20)16-7-3-4-12(16)14(17)18/h5-6,8-9,12H,3-4,7H2,1-2H3,(H,17,18)/t12-/m0/s1. The van der Waals surface area contributed by atoms with E-state index in [1.54, 1.807) is 18.2 Å². The molecule has 5 nitrogen and oxygen atoms in total. The van der Waals surface area contributed by atoms with Crippen LogP contribution in [0.25, 0.3) is 0 Å². The molecule has 116 valence electrons. The van der Waals surface area contributed by atoms with Gasteiger partial charge in [0.2, 0.25) is 10.0 Å². The molecular formula is C14H18ClNO4S. The zero-order valence-corrected chi connectivity index (χ0v) is 13.5. The van der Waals surface area contributed by atoms with Gasteiger partial charge in [0.1, 0.15) is 10.9 Å². The van der Waals surface area contributed by atoms with Crippen molar-refractivity contribution in [1.82, 2.24) is 4.31 Å². The largest absolute Gasteiger partial charge is 0.480 e. The second kappa shape index (κ2) is 5.94. The molecule has 0 aromatic heterocycles. The third-order valence-electron chi connectivity index (χ3n) is 3.70. The van der Waals surface area contributed by atoms with E-state index in [9.17, 15) is 13.2 Å². The lowest BCUT2D eigenvalue weighted by molar-refractivity contribution is -0.140. The Kier molecular flexibility index (Phi) is 4.60. The number of nitrogens with zero attached hydrogens (tertiary/aromatic N) is 1. The highest BCUT2D eigenvalue weighted by Gasteiger charge is 2.40. The van der Waals surface area contributed by atoms with Crippen LogP contribution in [-0.4, -0.2) is 36.4 Å². The maximum Gasteiger partial charge on any atom is 0.322 e. The van der Waals surface area contributed by atoms with Gasteiger partial charge < -0.3 is 5.11 Å². The quantitative estimate of drug-likeness (QED) is 0.920. The number of carboxylic acids is 1. The van der Waals surface area contributed by atoms with Crippen molar-refractivity contribution < 1.29 is 18.3 Å². The van der Waals surface area contributed by atoms with Crippen LogP contribution in [0.4, 0.5) is 0 Å². The normalized spacial score (nSPS) is 20.1. The number of rotatable bonds is 4. The van der Waals surface area contributed by atoms with Crippen LogP contribution >= 0.6 is 11.6 Å². The third-order valence-corrected chi connectivity index (χ3v) is 6.09. The van der Waals surface area contributed by atoms with Crippen molar-refractivity contribution >= 4 is 27.6 Å². The van der Waals surface area contributed by atoms with Gasteiger partial charge in [0.25, 0.3) is 0 Å². The number of carboxylic acid groups (broad SMARTS) is 1. The minimum Gasteiger partial charge on any atom is -0.480 e. The Bertz CT molecular complexity index is 657. The highest BCUT2D eigenvalue weighted by molar-refractivity contribution is 7.89. The van der Waals surface area contributed by atoms with Gasteiger partial charge in [-0.15, -0.1) is 0 Å². The molecule has 1 aromatic rings. The fourth-order valence-electron chi connectivity index (χ4n) is 2.48. The average Bonchev–Trinajstić information content (AvgIpc) is 2.88. The Morgan fingerprint density at radius 1 is 1.43 bits per heavy atom. The van der Waals surface area contributed by atoms with Crippen LogP contribution in [0.1, 0.15) is 38.2 Å². The van der Waals surface area contributed by atoms with E-state index in [4.69, 9.17) is 16.7 Å². The lowest BCUT2D eigenvalue weighted by atomic mass is 10.0. The maximum atomic E-state index is 12.7. The zero-order valence-electron chi connectivity index (χ0n) is 11.9. The minimum absolute atomic E-state index is 0.0106. The number of sulfonamides is 1. The summed E-state index contributed by atoms with van der Waals surface area (Å²) in [5.41, 5.74) is 0.851. The van der Waals surface area contributed by atoms with Crippen molar-refractivity contribution in [3.8, 4) is 0 Å². The molecule has 0 radical (unpaired) electrons. The summed E-state index contributed by atoms with van der Waals surface area (Å²) in [4.78, 5) is 11.2. The van der Waals surface area contributed by atoms with Gasteiger partial charge in [-0.2, -0.15) is 4.31 Å². The first kappa shape index (κ1) is 16.3. The first-order valence-electron chi connectivity index (χ1n) is 6.79. The molecule has 1 saturated heterocycles. The van der Waals surface area contributed by atoms with Crippen molar-refractivity contribution in [2.24, 2.45) is 0 Å². The van der Waals surface area contributed by atoms with Crippen LogP contribution < -0.4 is 0 Å². The maximum absolute atomic E-state index is 12.7. The number of aliphatic carboxylic acids is 1. The Morgan fingerprint density at radius 3 is 2.67 bits per heavy atom. The predicted molar refractivity (Wildman–Crippen MR) is 80.1 cm³/mol. The van der Waals surface area contributed by atoms with E-state index >= 15 is 0 Å². The van der Waals surface area contributed by atoms with E-state index < -0.39 is 22.0 Å². The summed E-state index contributed by atoms with van der Waals surface area (Å²) >= 11 is 6.04. The SMILES string of the molecule is CC(C)c1ccc(Cl)c(S(=O)(=O)N2CCC[C@H]2C(=O)O)c1. The Morgan fingerprint density at radius 2 is 2.10 bits per heavy atom. The summed E-state index contributed by atoms with van der Waals surface area (Å²) < 4.78 is 26.5. The van der Waals surface area contributed by atoms with Crippen LogP contribution in [0.3, 0.4) is 0 Å². The molecule has 1 atom stereocenters. The average molecular weight is 332 g/mol. The summed E-state index contributed by atoms with van der Waals surface area (Å²) in [6.07, 6.45) is 0.869. The minimum atomic E-state index is -3.90. The number of carbonyl (C=O) groups is 1. The van der Waals surface area contributed by atoms with E-state index in [-0.39, 0.29) is 22.4 Å². The van der Waals surface area contributed by atoms with Gasteiger partial charge in [-0.3, -0.25) is 4.79 Å². The molecule has 0 saturated carbocycles. The van der Waals surface area contributed by atoms with Gasteiger partial charge in [0.05, 0.1) is 5.02 Å². The topological polar surface area (TPSA) is 74.7 Å². The molecule has 7 heteroatoms. The summed E-state index contributed by atoms with van der Waals surface area (Å²) in [7, 11) is -3.90. The molecule has 1 aliphatic rings. The smallest absolute Gasteiger partial charge is 0.322 e. The Labute approximate surface area is 129 Å². The van der Waals surface area contributed by atoms with E-state index in [0.717, 1.165) is 9.87 Å². The van der Waals surface area contributed by atoms with Gasteiger partial charge in [0, 0.05) is 6.54 Å². The van der Waals surface area contributed by atoms with Crippen LogP contribution in [-0.2, 0) is 14.8 Å². The summed E-state index contributed by atoms with van der Waals surface area (Å²) in [5, 5.41) is 9.29. The second-order valence-corrected chi connectivity index (χ2v) is 7.72. The third kappa shape index (κ3) is 3.07. The lowest BCUT2D eigenvalue weighted by Crippen LogP contribution is -2.40. The molecule has 1 heterocycles. The van der Waals surface area contributed by atoms with Gasteiger partial charge >= 0.3 is 5.97 Å². The number of halogens is 1. The van der Waals surface area contributed by atoms with Gasteiger partial charge in [-0.25, -0.2) is 8.42 Å². The molecule has 0 aliphatic carbocycles. The number of hydrogen-bond acceptors (Lipinski definition) is 3. The fourth-order valence-corrected chi connectivity index (χ4v) is 4.64. The lowest BCUT2D eigenvalue weighted by Gasteiger charge is -2.22. The molecule has 1 aliphatic heterocycles. The second-order valence-electron chi connectivity index (χ2n) is 5.46. The molecule has 0 bridgehead atoms. The van der Waals surface area contributed by atoms with E-state index in [2.05, 4.69) is 0 Å². The Hall–Kier alpha value is -1.11. The molecule has 1 fully saturated rings. The van der Waals surface area contributed by atoms with E-state index in [0.29, 0.717) is 12.8 Å². The van der Waals surface area contributed by atoms with Gasteiger partial charge in [-0.05, 0) is 36.5 Å². The molecule has 1 N–H and O–H groups in total. The van der Waals surface area contributed by atoms with E-state index in [1.165, 1.54) is 0 Å². The highest BCUT2D eigenvalue weighted by atomic mass is 35.5. The number of hydrogen-bond donors (Lipinski definition) is 1. The first-order chi connectivity index (χ1) is 9.75. The molecule has 0 spiro atoms. The summed E-state index contributed by atoms with van der Waals surface area (Å²) in [6.45, 7) is 4.12. The number of benzene rings is 1. The van der Waals surface area contributed by atoms with Gasteiger partial charge in [-0.1, -0.05) is 31.5 Å². The van der Waals surface area contributed by atoms with Crippen LogP contribution in [0, 0.1) is 0 Å². The zero-order chi connectivity index (χ0) is 15.8. The summed E-state index contributed by atoms with van der Waals surface area (Å²) in [5.74, 6) is -0.961. The first-order valence-corrected chi connectivity index (χ1v) is 8.61. The van der Waals surface area contributed by atoms with Crippen molar-refractivity contribution in [3.05, 3.63) is 28.8 Å². The molecule has 21 heavy (non-hydrogen) atoms. The van der Waals surface area contributed by atoms with Crippen molar-refractivity contribution in [2.75, 3.05) is 6.54 Å². The Balaban J connectivity index is 2.49.